The Kier molecular flexibility index (Phi) is 11.8. The number of benzene rings is 3. The van der Waals surface area contributed by atoms with Gasteiger partial charge in [-0.05, 0) is 103 Å². The third-order valence-electron chi connectivity index (χ3n) is 8.49. The van der Waals surface area contributed by atoms with Gasteiger partial charge in [-0.2, -0.15) is 8.42 Å². The number of aromatic nitrogens is 2. The van der Waals surface area contributed by atoms with Crippen molar-refractivity contribution < 1.29 is 31.7 Å². The first kappa shape index (κ1) is 38.5. The van der Waals surface area contributed by atoms with Gasteiger partial charge in [0.15, 0.2) is 0 Å². The van der Waals surface area contributed by atoms with Crippen molar-refractivity contribution in [3.05, 3.63) is 108 Å². The number of hydrogen-bond donors (Lipinski definition) is 0. The molecule has 4 aromatic rings. The van der Waals surface area contributed by atoms with Crippen LogP contribution in [0.2, 0.25) is 0 Å². The van der Waals surface area contributed by atoms with Crippen LogP contribution in [0.25, 0.3) is 0 Å². The Morgan fingerprint density at radius 1 is 0.750 bits per heavy atom. The molecule has 2 aliphatic heterocycles. The number of para-hydroxylation sites is 2. The number of amides is 2. The lowest BCUT2D eigenvalue weighted by atomic mass is 9.92. The van der Waals surface area contributed by atoms with E-state index in [9.17, 15) is 18.0 Å². The predicted octanol–water partition coefficient (Wildman–Crippen LogP) is 7.81. The fraction of sp³-hybridized carbons (Fsp3) is 0.425. The zero-order chi connectivity index (χ0) is 37.7. The minimum absolute atomic E-state index is 0.0101. The minimum Gasteiger partial charge on any atom is -0.443 e. The van der Waals surface area contributed by atoms with Crippen molar-refractivity contribution in [3.63, 3.8) is 0 Å². The SMILES string of the molecule is CC(C)(C)OC(=O)N1CC(Cn2ccnc2)Cc2ccccc21.Cc1ccc(S(=O)(=O)OCC2Cc3ccccc3N(C(=O)OC(C)(C)C)C2)cc1. The van der Waals surface area contributed by atoms with Gasteiger partial charge < -0.3 is 14.0 Å². The molecule has 12 heteroatoms. The molecule has 0 spiro atoms. The summed E-state index contributed by atoms with van der Waals surface area (Å²) < 4.78 is 43.5. The Morgan fingerprint density at radius 2 is 1.25 bits per heavy atom. The van der Waals surface area contributed by atoms with Crippen LogP contribution in [0.3, 0.4) is 0 Å². The lowest BCUT2D eigenvalue weighted by molar-refractivity contribution is 0.0557. The number of fused-ring (bicyclic) bond motifs is 2. The zero-order valence-corrected chi connectivity index (χ0v) is 31.9. The summed E-state index contributed by atoms with van der Waals surface area (Å²) in [5, 5.41) is 0. The number of hydrogen-bond acceptors (Lipinski definition) is 8. The molecule has 0 N–H and O–H groups in total. The lowest BCUT2D eigenvalue weighted by Gasteiger charge is -2.35. The second kappa shape index (κ2) is 15.9. The van der Waals surface area contributed by atoms with Gasteiger partial charge in [0.1, 0.15) is 11.2 Å². The highest BCUT2D eigenvalue weighted by Gasteiger charge is 2.33. The molecule has 0 fully saturated rings. The topological polar surface area (TPSA) is 120 Å². The molecule has 0 radical (unpaired) electrons. The van der Waals surface area contributed by atoms with Crippen LogP contribution in [0.1, 0.15) is 58.2 Å². The third-order valence-corrected chi connectivity index (χ3v) is 9.78. The molecule has 2 aliphatic rings. The maximum atomic E-state index is 12.7. The molecule has 278 valence electrons. The molecule has 0 aliphatic carbocycles. The number of carbonyl (C=O) groups is 2. The second-order valence-electron chi connectivity index (χ2n) is 15.4. The lowest BCUT2D eigenvalue weighted by Crippen LogP contribution is -2.44. The van der Waals surface area contributed by atoms with Crippen molar-refractivity contribution in [1.29, 1.82) is 0 Å². The molecular formula is C40H50N4O7S. The Labute approximate surface area is 307 Å². The van der Waals surface area contributed by atoms with Crippen LogP contribution in [-0.4, -0.2) is 61.1 Å². The fourth-order valence-corrected chi connectivity index (χ4v) is 7.20. The summed E-state index contributed by atoms with van der Waals surface area (Å²) in [4.78, 5) is 32.9. The van der Waals surface area contributed by atoms with E-state index < -0.39 is 27.4 Å². The Morgan fingerprint density at radius 3 is 1.75 bits per heavy atom. The van der Waals surface area contributed by atoms with Gasteiger partial charge in [0, 0.05) is 37.9 Å². The largest absolute Gasteiger partial charge is 0.443 e. The van der Waals surface area contributed by atoms with Crippen molar-refractivity contribution >= 4 is 33.7 Å². The number of ether oxygens (including phenoxy) is 2. The number of imidazole rings is 1. The highest BCUT2D eigenvalue weighted by molar-refractivity contribution is 7.86. The van der Waals surface area contributed by atoms with E-state index in [1.807, 2.05) is 103 Å². The van der Waals surface area contributed by atoms with E-state index in [-0.39, 0.29) is 23.5 Å². The number of rotatable bonds is 6. The molecule has 3 aromatic carbocycles. The van der Waals surface area contributed by atoms with Gasteiger partial charge in [0.25, 0.3) is 10.1 Å². The molecule has 2 unspecified atom stereocenters. The normalized spacial score (nSPS) is 17.3. The Hall–Kier alpha value is -4.68. The van der Waals surface area contributed by atoms with Gasteiger partial charge in [-0.1, -0.05) is 54.1 Å². The summed E-state index contributed by atoms with van der Waals surface area (Å²) >= 11 is 0. The number of anilines is 2. The van der Waals surface area contributed by atoms with Crippen molar-refractivity contribution in [2.75, 3.05) is 29.5 Å². The van der Waals surface area contributed by atoms with Gasteiger partial charge in [0.2, 0.25) is 0 Å². The molecule has 2 amide bonds. The van der Waals surface area contributed by atoms with E-state index in [0.717, 1.165) is 35.5 Å². The average molecular weight is 731 g/mol. The van der Waals surface area contributed by atoms with Crippen molar-refractivity contribution in [2.24, 2.45) is 11.8 Å². The van der Waals surface area contributed by atoms with E-state index in [0.29, 0.717) is 25.4 Å². The van der Waals surface area contributed by atoms with Gasteiger partial charge in [0.05, 0.1) is 29.2 Å². The maximum absolute atomic E-state index is 12.7. The molecule has 3 heterocycles. The van der Waals surface area contributed by atoms with Crippen LogP contribution >= 0.6 is 0 Å². The maximum Gasteiger partial charge on any atom is 0.414 e. The first-order valence-corrected chi connectivity index (χ1v) is 19.0. The summed E-state index contributed by atoms with van der Waals surface area (Å²) in [6.45, 7) is 14.8. The molecule has 2 atom stereocenters. The highest BCUT2D eigenvalue weighted by atomic mass is 32.2. The van der Waals surface area contributed by atoms with Crippen LogP contribution in [0.4, 0.5) is 21.0 Å². The smallest absolute Gasteiger partial charge is 0.414 e. The fourth-order valence-electron chi connectivity index (χ4n) is 6.22. The van der Waals surface area contributed by atoms with Crippen LogP contribution in [0.15, 0.2) is 96.4 Å². The van der Waals surface area contributed by atoms with Crippen LogP contribution in [0.5, 0.6) is 0 Å². The quantitative estimate of drug-likeness (QED) is 0.184. The second-order valence-corrected chi connectivity index (χ2v) is 17.0. The van der Waals surface area contributed by atoms with Gasteiger partial charge in [-0.25, -0.2) is 14.6 Å². The standard InChI is InChI=1S/C22H27NO5S.C18H23N3O2/c1-16-9-11-19(12-10-16)29(25,26)27-15-17-13-18-7-5-6-8-20(18)23(14-17)21(24)28-22(2,3)4;1-18(2,3)23-17(22)21-12-14(11-20-9-8-19-13-20)10-15-6-4-5-7-16(15)21/h5-12,17H,13-15H2,1-4H3;4-9,13-14H,10-12H2,1-3H3. The highest BCUT2D eigenvalue weighted by Crippen LogP contribution is 2.33. The molecule has 11 nitrogen and oxygen atoms in total. The van der Waals surface area contributed by atoms with Gasteiger partial charge in [-0.3, -0.25) is 14.0 Å². The number of nitrogens with zero attached hydrogens (tertiary/aromatic N) is 4. The van der Waals surface area contributed by atoms with Crippen LogP contribution < -0.4 is 9.80 Å². The third kappa shape index (κ3) is 10.4. The number of aryl methyl sites for hydroxylation is 1. The molecule has 0 bridgehead atoms. The van der Waals surface area contributed by atoms with E-state index in [1.54, 1.807) is 28.1 Å². The minimum atomic E-state index is -3.86. The molecule has 0 saturated heterocycles. The summed E-state index contributed by atoms with van der Waals surface area (Å²) in [5.74, 6) is 0.171. The summed E-state index contributed by atoms with van der Waals surface area (Å²) in [6.07, 6.45) is 6.40. The van der Waals surface area contributed by atoms with Crippen molar-refractivity contribution in [2.45, 2.75) is 84.0 Å². The Bertz CT molecular complexity index is 1930. The Balaban J connectivity index is 0.000000206. The van der Waals surface area contributed by atoms with Crippen LogP contribution in [0, 0.1) is 18.8 Å². The van der Waals surface area contributed by atoms with Crippen molar-refractivity contribution in [1.82, 2.24) is 9.55 Å². The molecular weight excluding hydrogens is 681 g/mol. The monoisotopic (exact) mass is 730 g/mol. The molecule has 52 heavy (non-hydrogen) atoms. The van der Waals surface area contributed by atoms with E-state index in [1.165, 1.54) is 17.7 Å². The zero-order valence-electron chi connectivity index (χ0n) is 31.1. The first-order valence-electron chi connectivity index (χ1n) is 17.6. The van der Waals surface area contributed by atoms with Gasteiger partial charge in [-0.15, -0.1) is 0 Å². The van der Waals surface area contributed by atoms with E-state index in [4.69, 9.17) is 13.7 Å². The average Bonchev–Trinajstić information content (AvgIpc) is 3.58. The van der Waals surface area contributed by atoms with E-state index in [2.05, 4.69) is 15.6 Å². The summed E-state index contributed by atoms with van der Waals surface area (Å²) in [6, 6.07) is 22.2. The molecule has 6 rings (SSSR count). The predicted molar refractivity (Wildman–Crippen MR) is 201 cm³/mol. The molecule has 0 saturated carbocycles. The van der Waals surface area contributed by atoms with Crippen LogP contribution in [-0.2, 0) is 43.2 Å². The summed E-state index contributed by atoms with van der Waals surface area (Å²) in [7, 11) is -3.86. The summed E-state index contributed by atoms with van der Waals surface area (Å²) in [5.41, 5.74) is 3.76. The number of carbonyl (C=O) groups excluding carboxylic acids is 2. The molecule has 1 aromatic heterocycles. The van der Waals surface area contributed by atoms with E-state index >= 15 is 0 Å². The first-order chi connectivity index (χ1) is 24.5. The van der Waals surface area contributed by atoms with Crippen molar-refractivity contribution in [3.8, 4) is 0 Å². The van der Waals surface area contributed by atoms with Gasteiger partial charge >= 0.3 is 12.2 Å².